The van der Waals surface area contributed by atoms with E-state index in [4.69, 9.17) is 9.47 Å². The highest BCUT2D eigenvalue weighted by molar-refractivity contribution is 7.10. The summed E-state index contributed by atoms with van der Waals surface area (Å²) < 4.78 is 11.0. The fraction of sp³-hybridized carbons (Fsp3) is 0.300. The number of anilines is 1. The Morgan fingerprint density at radius 1 is 1.37 bits per heavy atom. The monoisotopic (exact) mass is 383 g/mol. The SMILES string of the molecule is COc1ccc(-c2cc(N(C)C(=O)C[C@H]3OCCc4ccsc43)n[nH]2)cc1. The third-order valence-corrected chi connectivity index (χ3v) is 5.86. The first-order chi connectivity index (χ1) is 13.2. The number of amides is 1. The van der Waals surface area contributed by atoms with Gasteiger partial charge in [-0.2, -0.15) is 5.10 Å². The number of nitrogens with one attached hydrogen (secondary N) is 1. The molecular formula is C20H21N3O3S. The Hall–Kier alpha value is -2.64. The van der Waals surface area contributed by atoms with Crippen molar-refractivity contribution in [3.8, 4) is 17.0 Å². The van der Waals surface area contributed by atoms with Crippen LogP contribution in [0, 0.1) is 0 Å². The van der Waals surface area contributed by atoms with Gasteiger partial charge < -0.3 is 9.47 Å². The summed E-state index contributed by atoms with van der Waals surface area (Å²) in [7, 11) is 3.38. The normalized spacial score (nSPS) is 16.0. The van der Waals surface area contributed by atoms with Crippen LogP contribution in [0.5, 0.6) is 5.75 Å². The van der Waals surface area contributed by atoms with E-state index in [-0.39, 0.29) is 12.0 Å². The molecule has 3 heterocycles. The zero-order valence-corrected chi connectivity index (χ0v) is 16.1. The Labute approximate surface area is 161 Å². The summed E-state index contributed by atoms with van der Waals surface area (Å²) in [6, 6.07) is 11.7. The predicted octanol–water partition coefficient (Wildman–Crippen LogP) is 3.81. The van der Waals surface area contributed by atoms with Crippen LogP contribution in [0.1, 0.15) is 23.0 Å². The summed E-state index contributed by atoms with van der Waals surface area (Å²) in [4.78, 5) is 15.5. The minimum Gasteiger partial charge on any atom is -0.497 e. The zero-order chi connectivity index (χ0) is 18.8. The van der Waals surface area contributed by atoms with Crippen LogP contribution in [0.15, 0.2) is 41.8 Å². The van der Waals surface area contributed by atoms with Crippen LogP contribution in [-0.4, -0.2) is 36.9 Å². The highest BCUT2D eigenvalue weighted by Gasteiger charge is 2.27. The van der Waals surface area contributed by atoms with E-state index in [0.29, 0.717) is 18.8 Å². The molecule has 0 spiro atoms. The lowest BCUT2D eigenvalue weighted by Crippen LogP contribution is -2.29. The molecular weight excluding hydrogens is 362 g/mol. The molecule has 0 saturated carbocycles. The van der Waals surface area contributed by atoms with Crippen LogP contribution in [0.4, 0.5) is 5.82 Å². The number of H-pyrrole nitrogens is 1. The van der Waals surface area contributed by atoms with Crippen LogP contribution in [0.2, 0.25) is 0 Å². The number of rotatable bonds is 5. The summed E-state index contributed by atoms with van der Waals surface area (Å²) in [6.07, 6.45) is 1.07. The number of hydrogen-bond acceptors (Lipinski definition) is 5. The van der Waals surface area contributed by atoms with E-state index in [0.717, 1.165) is 23.4 Å². The van der Waals surface area contributed by atoms with Gasteiger partial charge in [0.15, 0.2) is 5.82 Å². The second kappa shape index (κ2) is 7.54. The molecule has 1 aliphatic rings. The molecule has 1 aromatic carbocycles. The smallest absolute Gasteiger partial charge is 0.230 e. The molecule has 7 heteroatoms. The quantitative estimate of drug-likeness (QED) is 0.727. The molecule has 0 saturated heterocycles. The first-order valence-corrected chi connectivity index (χ1v) is 9.68. The Bertz CT molecular complexity index is 932. The number of methoxy groups -OCH3 is 1. The lowest BCUT2D eigenvalue weighted by atomic mass is 10.1. The third-order valence-electron chi connectivity index (χ3n) is 4.81. The second-order valence-corrected chi connectivity index (χ2v) is 7.39. The predicted molar refractivity (Wildman–Crippen MR) is 105 cm³/mol. The maximum absolute atomic E-state index is 12.8. The van der Waals surface area contributed by atoms with Gasteiger partial charge in [0.2, 0.25) is 5.91 Å². The van der Waals surface area contributed by atoms with E-state index in [1.54, 1.807) is 30.4 Å². The van der Waals surface area contributed by atoms with Crippen LogP contribution < -0.4 is 9.64 Å². The Balaban J connectivity index is 1.46. The van der Waals surface area contributed by atoms with E-state index in [9.17, 15) is 4.79 Å². The van der Waals surface area contributed by atoms with Gasteiger partial charge in [0, 0.05) is 18.0 Å². The van der Waals surface area contributed by atoms with Crippen LogP contribution in [0.25, 0.3) is 11.3 Å². The van der Waals surface area contributed by atoms with Crippen molar-refractivity contribution in [2.75, 3.05) is 25.7 Å². The number of thiophene rings is 1. The van der Waals surface area contributed by atoms with Gasteiger partial charge in [-0.3, -0.25) is 14.8 Å². The molecule has 0 radical (unpaired) electrons. The number of benzene rings is 1. The maximum Gasteiger partial charge on any atom is 0.230 e. The largest absolute Gasteiger partial charge is 0.497 e. The van der Waals surface area contributed by atoms with Crippen molar-refractivity contribution in [1.29, 1.82) is 0 Å². The van der Waals surface area contributed by atoms with E-state index in [1.165, 1.54) is 10.4 Å². The van der Waals surface area contributed by atoms with Crippen LogP contribution >= 0.6 is 11.3 Å². The van der Waals surface area contributed by atoms with Crippen LogP contribution in [0.3, 0.4) is 0 Å². The van der Waals surface area contributed by atoms with Gasteiger partial charge in [-0.1, -0.05) is 0 Å². The molecule has 2 aromatic heterocycles. The molecule has 27 heavy (non-hydrogen) atoms. The van der Waals surface area contributed by atoms with Gasteiger partial charge in [-0.15, -0.1) is 11.3 Å². The number of nitrogens with zero attached hydrogens (tertiary/aromatic N) is 2. The fourth-order valence-corrected chi connectivity index (χ4v) is 4.20. The summed E-state index contributed by atoms with van der Waals surface area (Å²) in [5.41, 5.74) is 3.13. The standard InChI is InChI=1S/C20H21N3O3S/c1-23(19(24)12-17-20-14(7-9-26-17)8-10-27-20)18-11-16(21-22-18)13-3-5-15(25-2)6-4-13/h3-6,8,10-11,17H,7,9,12H2,1-2H3,(H,21,22)/t17-/m1/s1. The second-order valence-electron chi connectivity index (χ2n) is 6.44. The highest BCUT2D eigenvalue weighted by Crippen LogP contribution is 2.34. The number of aromatic amines is 1. The molecule has 0 aliphatic carbocycles. The number of ether oxygens (including phenoxy) is 2. The van der Waals surface area contributed by atoms with Crippen molar-refractivity contribution in [1.82, 2.24) is 10.2 Å². The minimum atomic E-state index is -0.163. The Morgan fingerprint density at radius 2 is 2.19 bits per heavy atom. The number of fused-ring (bicyclic) bond motifs is 1. The number of aromatic nitrogens is 2. The van der Waals surface area contributed by atoms with Crippen LogP contribution in [-0.2, 0) is 16.0 Å². The number of carbonyl (C=O) groups is 1. The van der Waals surface area contributed by atoms with Gasteiger partial charge in [-0.25, -0.2) is 0 Å². The average Bonchev–Trinajstić information content (AvgIpc) is 3.37. The molecule has 0 bridgehead atoms. The van der Waals surface area contributed by atoms with E-state index in [1.807, 2.05) is 30.3 Å². The number of carbonyl (C=O) groups excluding carboxylic acids is 1. The summed E-state index contributed by atoms with van der Waals surface area (Å²) in [6.45, 7) is 0.662. The average molecular weight is 383 g/mol. The third kappa shape index (κ3) is 3.61. The van der Waals surface area contributed by atoms with Gasteiger partial charge in [0.1, 0.15) is 11.9 Å². The highest BCUT2D eigenvalue weighted by atomic mass is 32.1. The van der Waals surface area contributed by atoms with E-state index < -0.39 is 0 Å². The van der Waals surface area contributed by atoms with Gasteiger partial charge in [-0.05, 0) is 53.3 Å². The molecule has 3 aromatic rings. The maximum atomic E-state index is 12.8. The molecule has 0 fully saturated rings. The molecule has 6 nitrogen and oxygen atoms in total. The molecule has 1 amide bonds. The van der Waals surface area contributed by atoms with Gasteiger partial charge in [0.25, 0.3) is 0 Å². The zero-order valence-electron chi connectivity index (χ0n) is 15.3. The van der Waals surface area contributed by atoms with Crippen molar-refractivity contribution in [2.24, 2.45) is 0 Å². The van der Waals surface area contributed by atoms with E-state index >= 15 is 0 Å². The molecule has 1 atom stereocenters. The lowest BCUT2D eigenvalue weighted by Gasteiger charge is -2.24. The van der Waals surface area contributed by atoms with E-state index in [2.05, 4.69) is 21.6 Å². The molecule has 0 unspecified atom stereocenters. The summed E-state index contributed by atoms with van der Waals surface area (Å²) in [5.74, 6) is 1.37. The lowest BCUT2D eigenvalue weighted by molar-refractivity contribution is -0.121. The molecule has 4 rings (SSSR count). The van der Waals surface area contributed by atoms with Crippen molar-refractivity contribution >= 4 is 23.1 Å². The molecule has 1 aliphatic heterocycles. The van der Waals surface area contributed by atoms with Crippen molar-refractivity contribution < 1.29 is 14.3 Å². The summed E-state index contributed by atoms with van der Waals surface area (Å²) >= 11 is 1.66. The van der Waals surface area contributed by atoms with Gasteiger partial charge >= 0.3 is 0 Å². The number of hydrogen-bond donors (Lipinski definition) is 1. The Morgan fingerprint density at radius 3 is 2.96 bits per heavy atom. The van der Waals surface area contributed by atoms with Crippen molar-refractivity contribution in [3.63, 3.8) is 0 Å². The minimum absolute atomic E-state index is 0.0194. The van der Waals surface area contributed by atoms with Gasteiger partial charge in [0.05, 0.1) is 25.8 Å². The van der Waals surface area contributed by atoms with Crippen molar-refractivity contribution in [2.45, 2.75) is 18.9 Å². The topological polar surface area (TPSA) is 67.4 Å². The fourth-order valence-electron chi connectivity index (χ4n) is 3.20. The molecule has 1 N–H and O–H groups in total. The first-order valence-electron chi connectivity index (χ1n) is 8.80. The van der Waals surface area contributed by atoms with Crippen molar-refractivity contribution in [3.05, 3.63) is 52.2 Å². The molecule has 140 valence electrons. The first kappa shape index (κ1) is 17.8. The summed E-state index contributed by atoms with van der Waals surface area (Å²) in [5, 5.41) is 9.36. The Kier molecular flexibility index (Phi) is 4.96.